The molecule has 1 aromatic rings. The molecule has 4 heteroatoms. The van der Waals surface area contributed by atoms with Crippen LogP contribution in [0.25, 0.3) is 0 Å². The lowest BCUT2D eigenvalue weighted by molar-refractivity contribution is 0.101. The predicted molar refractivity (Wildman–Crippen MR) is 85.0 cm³/mol. The third-order valence-corrected chi connectivity index (χ3v) is 4.53. The first kappa shape index (κ1) is 15.3. The average Bonchev–Trinajstić information content (AvgIpc) is 2.46. The number of piperazine rings is 1. The van der Waals surface area contributed by atoms with Crippen LogP contribution in [-0.4, -0.2) is 42.9 Å². The highest BCUT2D eigenvalue weighted by Gasteiger charge is 2.21. The molecule has 0 N–H and O–H groups in total. The first-order valence-corrected chi connectivity index (χ1v) is 7.70. The van der Waals surface area contributed by atoms with Crippen molar-refractivity contribution in [3.05, 3.63) is 28.8 Å². The van der Waals surface area contributed by atoms with E-state index in [2.05, 4.69) is 23.6 Å². The zero-order valence-corrected chi connectivity index (χ0v) is 13.3. The van der Waals surface area contributed by atoms with Gasteiger partial charge in [-0.3, -0.25) is 9.69 Å². The van der Waals surface area contributed by atoms with Gasteiger partial charge >= 0.3 is 0 Å². The maximum absolute atomic E-state index is 11.4. The molecule has 0 aromatic heterocycles. The zero-order chi connectivity index (χ0) is 14.7. The SMILES string of the molecule is CCC(C)N1CCN(c2ccc(C(C)=O)cc2Cl)CC1. The molecule has 2 rings (SSSR count). The van der Waals surface area contributed by atoms with Crippen molar-refractivity contribution in [2.75, 3.05) is 31.1 Å². The number of carbonyl (C=O) groups excluding carboxylic acids is 1. The quantitative estimate of drug-likeness (QED) is 0.795. The van der Waals surface area contributed by atoms with E-state index < -0.39 is 0 Å². The lowest BCUT2D eigenvalue weighted by atomic mass is 10.1. The third kappa shape index (κ3) is 3.33. The maximum atomic E-state index is 11.4. The zero-order valence-electron chi connectivity index (χ0n) is 12.5. The second-order valence-corrected chi connectivity index (χ2v) is 5.91. The van der Waals surface area contributed by atoms with Gasteiger partial charge in [0.05, 0.1) is 10.7 Å². The standard InChI is InChI=1S/C16H23ClN2O/c1-4-12(2)18-7-9-19(10-8-18)16-6-5-14(13(3)20)11-15(16)17/h5-6,11-12H,4,7-10H2,1-3H3. The van der Waals surface area contributed by atoms with Crippen LogP contribution >= 0.6 is 11.6 Å². The van der Waals surface area contributed by atoms with Crippen LogP contribution in [0, 0.1) is 0 Å². The van der Waals surface area contributed by atoms with E-state index in [9.17, 15) is 4.79 Å². The minimum Gasteiger partial charge on any atom is -0.368 e. The number of halogens is 1. The van der Waals surface area contributed by atoms with Gasteiger partial charge in [0.1, 0.15) is 0 Å². The van der Waals surface area contributed by atoms with Crippen LogP contribution in [0.5, 0.6) is 0 Å². The third-order valence-electron chi connectivity index (χ3n) is 4.22. The summed E-state index contributed by atoms with van der Waals surface area (Å²) >= 11 is 6.33. The fraction of sp³-hybridized carbons (Fsp3) is 0.562. The Hall–Kier alpha value is -1.06. The molecule has 1 aliphatic rings. The largest absolute Gasteiger partial charge is 0.368 e. The Balaban J connectivity index is 2.05. The van der Waals surface area contributed by atoms with Crippen molar-refractivity contribution in [1.82, 2.24) is 4.90 Å². The second kappa shape index (κ2) is 6.59. The highest BCUT2D eigenvalue weighted by Crippen LogP contribution is 2.28. The maximum Gasteiger partial charge on any atom is 0.159 e. The molecular weight excluding hydrogens is 272 g/mol. The van der Waals surface area contributed by atoms with Gasteiger partial charge in [-0.05, 0) is 38.5 Å². The van der Waals surface area contributed by atoms with E-state index in [1.807, 2.05) is 12.1 Å². The van der Waals surface area contributed by atoms with Gasteiger partial charge in [-0.1, -0.05) is 18.5 Å². The molecule has 1 fully saturated rings. The molecule has 3 nitrogen and oxygen atoms in total. The van der Waals surface area contributed by atoms with E-state index in [-0.39, 0.29) is 5.78 Å². The molecule has 0 bridgehead atoms. The van der Waals surface area contributed by atoms with Crippen LogP contribution in [0.3, 0.4) is 0 Å². The fourth-order valence-electron chi connectivity index (χ4n) is 2.64. The molecule has 1 aliphatic heterocycles. The molecule has 20 heavy (non-hydrogen) atoms. The molecule has 1 saturated heterocycles. The van der Waals surface area contributed by atoms with Crippen molar-refractivity contribution < 1.29 is 4.79 Å². The summed E-state index contributed by atoms with van der Waals surface area (Å²) in [7, 11) is 0. The Bertz CT molecular complexity index is 481. The molecule has 0 radical (unpaired) electrons. The molecule has 1 atom stereocenters. The minimum atomic E-state index is 0.0556. The molecule has 1 unspecified atom stereocenters. The van der Waals surface area contributed by atoms with Crippen LogP contribution in [0.1, 0.15) is 37.6 Å². The van der Waals surface area contributed by atoms with E-state index >= 15 is 0 Å². The summed E-state index contributed by atoms with van der Waals surface area (Å²) in [5, 5.41) is 0.676. The Morgan fingerprint density at radius 2 is 1.95 bits per heavy atom. The lowest BCUT2D eigenvalue weighted by Gasteiger charge is -2.39. The van der Waals surface area contributed by atoms with Crippen molar-refractivity contribution in [3.8, 4) is 0 Å². The highest BCUT2D eigenvalue weighted by atomic mass is 35.5. The van der Waals surface area contributed by atoms with Gasteiger partial charge in [0.25, 0.3) is 0 Å². The van der Waals surface area contributed by atoms with Gasteiger partial charge in [0, 0.05) is 37.8 Å². The Kier molecular flexibility index (Phi) is 5.06. The minimum absolute atomic E-state index is 0.0556. The van der Waals surface area contributed by atoms with Crippen LogP contribution in [0.2, 0.25) is 5.02 Å². The average molecular weight is 295 g/mol. The van der Waals surface area contributed by atoms with Gasteiger partial charge in [-0.25, -0.2) is 0 Å². The van der Waals surface area contributed by atoms with E-state index in [0.717, 1.165) is 31.9 Å². The van der Waals surface area contributed by atoms with E-state index in [0.29, 0.717) is 16.6 Å². The molecule has 0 saturated carbocycles. The molecule has 0 spiro atoms. The van der Waals surface area contributed by atoms with E-state index in [1.54, 1.807) is 13.0 Å². The molecule has 1 heterocycles. The highest BCUT2D eigenvalue weighted by molar-refractivity contribution is 6.33. The molecular formula is C16H23ClN2O. The van der Waals surface area contributed by atoms with Crippen LogP contribution in [0.15, 0.2) is 18.2 Å². The normalized spacial score (nSPS) is 18.1. The first-order valence-electron chi connectivity index (χ1n) is 7.32. The molecule has 0 amide bonds. The van der Waals surface area contributed by atoms with Crippen LogP contribution < -0.4 is 4.90 Å². The topological polar surface area (TPSA) is 23.6 Å². The van der Waals surface area contributed by atoms with Crippen molar-refractivity contribution in [3.63, 3.8) is 0 Å². The number of rotatable bonds is 4. The fourth-order valence-corrected chi connectivity index (χ4v) is 2.94. The van der Waals surface area contributed by atoms with Crippen molar-refractivity contribution in [2.24, 2.45) is 0 Å². The Morgan fingerprint density at radius 1 is 1.30 bits per heavy atom. The van der Waals surface area contributed by atoms with E-state index in [1.165, 1.54) is 6.42 Å². The number of carbonyl (C=O) groups is 1. The van der Waals surface area contributed by atoms with Crippen molar-refractivity contribution >= 4 is 23.1 Å². The van der Waals surface area contributed by atoms with Crippen LogP contribution in [-0.2, 0) is 0 Å². The number of benzene rings is 1. The van der Waals surface area contributed by atoms with Gasteiger partial charge < -0.3 is 4.90 Å². The number of hydrogen-bond donors (Lipinski definition) is 0. The van der Waals surface area contributed by atoms with Crippen molar-refractivity contribution in [2.45, 2.75) is 33.2 Å². The summed E-state index contributed by atoms with van der Waals surface area (Å²) in [6.45, 7) is 10.2. The van der Waals surface area contributed by atoms with Gasteiger partial charge in [-0.15, -0.1) is 0 Å². The summed E-state index contributed by atoms with van der Waals surface area (Å²) in [5.74, 6) is 0.0556. The Morgan fingerprint density at radius 3 is 2.45 bits per heavy atom. The summed E-state index contributed by atoms with van der Waals surface area (Å²) in [5.41, 5.74) is 1.72. The van der Waals surface area contributed by atoms with Crippen LogP contribution in [0.4, 0.5) is 5.69 Å². The predicted octanol–water partition coefficient (Wildman–Crippen LogP) is 3.46. The molecule has 0 aliphatic carbocycles. The first-order chi connectivity index (χ1) is 9.52. The smallest absolute Gasteiger partial charge is 0.159 e. The Labute approximate surface area is 126 Å². The lowest BCUT2D eigenvalue weighted by Crippen LogP contribution is -2.49. The number of Topliss-reactive ketones (excluding diaryl/α,β-unsaturated/α-hetero) is 1. The second-order valence-electron chi connectivity index (χ2n) is 5.50. The summed E-state index contributed by atoms with van der Waals surface area (Å²) in [6.07, 6.45) is 1.19. The molecule has 1 aromatic carbocycles. The number of nitrogens with zero attached hydrogens (tertiary/aromatic N) is 2. The number of anilines is 1. The summed E-state index contributed by atoms with van der Waals surface area (Å²) in [6, 6.07) is 6.26. The van der Waals surface area contributed by atoms with Gasteiger partial charge in [0.15, 0.2) is 5.78 Å². The number of hydrogen-bond acceptors (Lipinski definition) is 3. The van der Waals surface area contributed by atoms with E-state index in [4.69, 9.17) is 11.6 Å². The van der Waals surface area contributed by atoms with Gasteiger partial charge in [-0.2, -0.15) is 0 Å². The summed E-state index contributed by atoms with van der Waals surface area (Å²) < 4.78 is 0. The summed E-state index contributed by atoms with van der Waals surface area (Å²) in [4.78, 5) is 16.2. The molecule has 110 valence electrons. The number of ketones is 1. The van der Waals surface area contributed by atoms with Gasteiger partial charge in [0.2, 0.25) is 0 Å². The van der Waals surface area contributed by atoms with Crippen molar-refractivity contribution in [1.29, 1.82) is 0 Å². The monoisotopic (exact) mass is 294 g/mol.